The van der Waals surface area contributed by atoms with Gasteiger partial charge < -0.3 is 5.11 Å². The average molecular weight is 262 g/mol. The van der Waals surface area contributed by atoms with Crippen molar-refractivity contribution < 1.29 is 22.7 Å². The van der Waals surface area contributed by atoms with Gasteiger partial charge in [0.1, 0.15) is 5.82 Å². The molecule has 18 heavy (non-hydrogen) atoms. The molecule has 5 heteroatoms. The molecule has 0 atom stereocenters. The van der Waals surface area contributed by atoms with Gasteiger partial charge in [-0.1, -0.05) is 12.1 Å². The molecule has 0 spiro atoms. The molecule has 0 aliphatic heterocycles. The van der Waals surface area contributed by atoms with Crippen LogP contribution in [0, 0.1) is 11.7 Å². The van der Waals surface area contributed by atoms with Crippen LogP contribution in [0.15, 0.2) is 24.3 Å². The highest BCUT2D eigenvalue weighted by Crippen LogP contribution is 2.45. The third-order valence-electron chi connectivity index (χ3n) is 3.66. The van der Waals surface area contributed by atoms with E-state index in [1.54, 1.807) is 0 Å². The molecule has 1 aromatic rings. The summed E-state index contributed by atoms with van der Waals surface area (Å²) in [4.78, 5) is 0. The van der Waals surface area contributed by atoms with Crippen molar-refractivity contribution in [1.82, 2.24) is 0 Å². The maximum Gasteiger partial charge on any atom is 0.391 e. The zero-order valence-electron chi connectivity index (χ0n) is 9.67. The highest BCUT2D eigenvalue weighted by atomic mass is 19.4. The van der Waals surface area contributed by atoms with Gasteiger partial charge in [0, 0.05) is 0 Å². The number of benzene rings is 1. The highest BCUT2D eigenvalue weighted by Gasteiger charge is 2.45. The van der Waals surface area contributed by atoms with Crippen LogP contribution in [0.2, 0.25) is 0 Å². The second-order valence-corrected chi connectivity index (χ2v) is 4.85. The molecule has 1 nitrogen and oxygen atoms in total. The molecule has 0 saturated heterocycles. The summed E-state index contributed by atoms with van der Waals surface area (Å²) in [5.41, 5.74) is -0.764. The first-order chi connectivity index (χ1) is 8.31. The second-order valence-electron chi connectivity index (χ2n) is 4.85. The molecule has 0 amide bonds. The van der Waals surface area contributed by atoms with E-state index in [1.807, 2.05) is 0 Å². The van der Waals surface area contributed by atoms with Crippen LogP contribution >= 0.6 is 0 Å². The molecule has 0 unspecified atom stereocenters. The minimum atomic E-state index is -4.19. The summed E-state index contributed by atoms with van der Waals surface area (Å²) < 4.78 is 50.3. The van der Waals surface area contributed by atoms with E-state index in [2.05, 4.69) is 0 Å². The zero-order valence-corrected chi connectivity index (χ0v) is 9.67. The van der Waals surface area contributed by atoms with Crippen molar-refractivity contribution >= 4 is 0 Å². The van der Waals surface area contributed by atoms with Crippen LogP contribution in [-0.2, 0) is 5.60 Å². The molecule has 100 valence electrons. The normalized spacial score (nSPS) is 29.3. The fraction of sp³-hybridized carbons (Fsp3) is 0.538. The SMILES string of the molecule is OC1(c2ccc(F)cc2)CCC(C(F)(F)F)CC1. The summed E-state index contributed by atoms with van der Waals surface area (Å²) >= 11 is 0. The van der Waals surface area contributed by atoms with E-state index in [9.17, 15) is 22.7 Å². The lowest BCUT2D eigenvalue weighted by molar-refractivity contribution is -0.193. The molecular weight excluding hydrogens is 248 g/mol. The maximum absolute atomic E-state index is 12.8. The van der Waals surface area contributed by atoms with Crippen molar-refractivity contribution in [3.05, 3.63) is 35.6 Å². The van der Waals surface area contributed by atoms with Crippen LogP contribution < -0.4 is 0 Å². The molecule has 1 N–H and O–H groups in total. The Balaban J connectivity index is 2.10. The number of hydrogen-bond donors (Lipinski definition) is 1. The van der Waals surface area contributed by atoms with E-state index in [0.29, 0.717) is 5.56 Å². The van der Waals surface area contributed by atoms with Gasteiger partial charge in [-0.2, -0.15) is 13.2 Å². The van der Waals surface area contributed by atoms with Gasteiger partial charge in [-0.25, -0.2) is 4.39 Å². The van der Waals surface area contributed by atoms with Crippen LogP contribution in [-0.4, -0.2) is 11.3 Å². The van der Waals surface area contributed by atoms with E-state index < -0.39 is 23.5 Å². The van der Waals surface area contributed by atoms with Gasteiger partial charge in [-0.3, -0.25) is 0 Å². The Morgan fingerprint density at radius 2 is 1.56 bits per heavy atom. The first kappa shape index (κ1) is 13.3. The molecule has 2 rings (SSSR count). The molecule has 0 bridgehead atoms. The Labute approximate surface area is 102 Å². The fourth-order valence-electron chi connectivity index (χ4n) is 2.47. The third kappa shape index (κ3) is 2.66. The lowest BCUT2D eigenvalue weighted by atomic mass is 9.75. The van der Waals surface area contributed by atoms with Gasteiger partial charge >= 0.3 is 6.18 Å². The zero-order chi connectivity index (χ0) is 13.4. The van der Waals surface area contributed by atoms with Crippen molar-refractivity contribution in [2.24, 2.45) is 5.92 Å². The largest absolute Gasteiger partial charge is 0.391 e. The van der Waals surface area contributed by atoms with Crippen LogP contribution in [0.4, 0.5) is 17.6 Å². The number of halogens is 4. The standard InChI is InChI=1S/C13H14F4O/c14-11-3-1-9(2-4-11)12(18)7-5-10(6-8-12)13(15,16)17/h1-4,10,18H,5-8H2. The highest BCUT2D eigenvalue weighted by molar-refractivity contribution is 5.23. The van der Waals surface area contributed by atoms with Gasteiger partial charge in [-0.05, 0) is 43.4 Å². The van der Waals surface area contributed by atoms with Crippen molar-refractivity contribution in [1.29, 1.82) is 0 Å². The lowest BCUT2D eigenvalue weighted by Gasteiger charge is -2.37. The van der Waals surface area contributed by atoms with E-state index in [0.717, 1.165) is 0 Å². The van der Waals surface area contributed by atoms with E-state index in [4.69, 9.17) is 0 Å². The summed E-state index contributed by atoms with van der Waals surface area (Å²) in [5.74, 6) is -1.76. The van der Waals surface area contributed by atoms with Gasteiger partial charge in [0.05, 0.1) is 11.5 Å². The fourth-order valence-corrected chi connectivity index (χ4v) is 2.47. The van der Waals surface area contributed by atoms with Gasteiger partial charge in [0.2, 0.25) is 0 Å². The van der Waals surface area contributed by atoms with E-state index in [-0.39, 0.29) is 25.7 Å². The van der Waals surface area contributed by atoms with Crippen molar-refractivity contribution in [3.8, 4) is 0 Å². The lowest BCUT2D eigenvalue weighted by Crippen LogP contribution is -2.36. The number of rotatable bonds is 1. The molecule has 1 aliphatic rings. The molecule has 1 fully saturated rings. The number of aliphatic hydroxyl groups is 1. The third-order valence-corrected chi connectivity index (χ3v) is 3.66. The Kier molecular flexibility index (Phi) is 3.36. The second kappa shape index (κ2) is 4.53. The average Bonchev–Trinajstić information content (AvgIpc) is 2.29. The molecule has 1 aromatic carbocycles. The molecule has 1 saturated carbocycles. The first-order valence-corrected chi connectivity index (χ1v) is 5.86. The van der Waals surface area contributed by atoms with Crippen molar-refractivity contribution in [3.63, 3.8) is 0 Å². The Hall–Kier alpha value is -1.10. The van der Waals surface area contributed by atoms with Crippen LogP contribution in [0.1, 0.15) is 31.2 Å². The van der Waals surface area contributed by atoms with E-state index >= 15 is 0 Å². The number of hydrogen-bond acceptors (Lipinski definition) is 1. The van der Waals surface area contributed by atoms with E-state index in [1.165, 1.54) is 24.3 Å². The Morgan fingerprint density at radius 1 is 1.06 bits per heavy atom. The minimum absolute atomic E-state index is 0.0583. The van der Waals surface area contributed by atoms with Gasteiger partial charge in [0.25, 0.3) is 0 Å². The molecule has 1 aliphatic carbocycles. The minimum Gasteiger partial charge on any atom is -0.385 e. The summed E-state index contributed by atoms with van der Waals surface area (Å²) in [6.45, 7) is 0. The predicted octanol–water partition coefficient (Wildman–Crippen LogP) is 3.77. The Bertz CT molecular complexity index is 402. The first-order valence-electron chi connectivity index (χ1n) is 5.86. The maximum atomic E-state index is 12.8. The van der Waals surface area contributed by atoms with Crippen LogP contribution in [0.25, 0.3) is 0 Å². The quantitative estimate of drug-likeness (QED) is 0.764. The van der Waals surface area contributed by atoms with Crippen molar-refractivity contribution in [2.75, 3.05) is 0 Å². The van der Waals surface area contributed by atoms with Crippen molar-refractivity contribution in [2.45, 2.75) is 37.5 Å². The van der Waals surface area contributed by atoms with Gasteiger partial charge in [-0.15, -0.1) is 0 Å². The topological polar surface area (TPSA) is 20.2 Å². The summed E-state index contributed by atoms with van der Waals surface area (Å²) in [5, 5.41) is 10.3. The monoisotopic (exact) mass is 262 g/mol. The summed E-state index contributed by atoms with van der Waals surface area (Å²) in [6.07, 6.45) is -4.25. The molecule has 0 radical (unpaired) electrons. The number of alkyl halides is 3. The molecule has 0 heterocycles. The van der Waals surface area contributed by atoms with Gasteiger partial charge in [0.15, 0.2) is 0 Å². The predicted molar refractivity (Wildman–Crippen MR) is 58.3 cm³/mol. The smallest absolute Gasteiger partial charge is 0.385 e. The van der Waals surface area contributed by atoms with Crippen LogP contribution in [0.3, 0.4) is 0 Å². The van der Waals surface area contributed by atoms with Crippen LogP contribution in [0.5, 0.6) is 0 Å². The Morgan fingerprint density at radius 3 is 2.00 bits per heavy atom. The molecular formula is C13H14F4O. The summed E-state index contributed by atoms with van der Waals surface area (Å²) in [7, 11) is 0. The molecule has 0 aromatic heterocycles. The summed E-state index contributed by atoms with van der Waals surface area (Å²) in [6, 6.07) is 5.29.